The van der Waals surface area contributed by atoms with Crippen molar-refractivity contribution in [1.29, 1.82) is 0 Å². The molecule has 1 amide bonds. The maximum Gasteiger partial charge on any atom is 0.323 e. The number of nitrogens with zero attached hydrogens (tertiary/aromatic N) is 1. The molecule has 0 aromatic rings. The monoisotopic (exact) mass is 229 g/mol. The van der Waals surface area contributed by atoms with Gasteiger partial charge in [0.1, 0.15) is 12.6 Å². The highest BCUT2D eigenvalue weighted by molar-refractivity contribution is 5.85. The van der Waals surface area contributed by atoms with E-state index >= 15 is 0 Å². The number of aliphatic carboxylic acids is 1. The number of carbonyl (C=O) groups excluding carboxylic acids is 1. The molecule has 5 nitrogen and oxygen atoms in total. The number of amides is 1. The molecule has 1 heterocycles. The van der Waals surface area contributed by atoms with E-state index in [1.165, 1.54) is 4.90 Å². The van der Waals surface area contributed by atoms with Gasteiger partial charge in [0, 0.05) is 12.1 Å². The Morgan fingerprint density at radius 1 is 1.44 bits per heavy atom. The van der Waals surface area contributed by atoms with Crippen LogP contribution in [0.5, 0.6) is 0 Å². The highest BCUT2D eigenvalue weighted by Gasteiger charge is 2.35. The topological polar surface area (TPSA) is 66.8 Å². The lowest BCUT2D eigenvalue weighted by molar-refractivity contribution is -0.153. The molecule has 5 heteroatoms. The molecule has 0 aromatic carbocycles. The molecule has 1 fully saturated rings. The number of carboxylic acid groups (broad SMARTS) is 1. The summed E-state index contributed by atoms with van der Waals surface area (Å²) in [6, 6.07) is 0. The standard InChI is InChI=1S/C11H19NO4/c1-11(2,3)12(7-9(13)14)10(15)8-5-4-6-16-8/h8H,4-7H2,1-3H3,(H,13,14)/t8-/m0/s1. The molecule has 0 saturated carbocycles. The lowest BCUT2D eigenvalue weighted by atomic mass is 10.0. The molecule has 1 aliphatic rings. The van der Waals surface area contributed by atoms with Gasteiger partial charge in [0.25, 0.3) is 5.91 Å². The highest BCUT2D eigenvalue weighted by atomic mass is 16.5. The minimum atomic E-state index is -0.999. The minimum absolute atomic E-state index is 0.215. The third-order valence-corrected chi connectivity index (χ3v) is 2.57. The van der Waals surface area contributed by atoms with Gasteiger partial charge >= 0.3 is 5.97 Å². The first kappa shape index (κ1) is 13.0. The second-order valence-electron chi connectivity index (χ2n) is 4.99. The Morgan fingerprint density at radius 2 is 2.06 bits per heavy atom. The normalized spacial score (nSPS) is 20.8. The predicted octanol–water partition coefficient (Wildman–Crippen LogP) is 0.877. The molecule has 1 rings (SSSR count). The van der Waals surface area contributed by atoms with E-state index in [0.717, 1.165) is 6.42 Å². The zero-order valence-corrected chi connectivity index (χ0v) is 10.0. The molecule has 1 atom stereocenters. The summed E-state index contributed by atoms with van der Waals surface area (Å²) < 4.78 is 5.29. The van der Waals surface area contributed by atoms with E-state index in [9.17, 15) is 9.59 Å². The van der Waals surface area contributed by atoms with E-state index in [4.69, 9.17) is 9.84 Å². The number of ether oxygens (including phenoxy) is 1. The van der Waals surface area contributed by atoms with Crippen molar-refractivity contribution >= 4 is 11.9 Å². The fourth-order valence-electron chi connectivity index (χ4n) is 1.73. The Hall–Kier alpha value is -1.10. The van der Waals surface area contributed by atoms with Crippen molar-refractivity contribution in [2.24, 2.45) is 0 Å². The van der Waals surface area contributed by atoms with Crippen LogP contribution in [0.25, 0.3) is 0 Å². The van der Waals surface area contributed by atoms with Crippen molar-refractivity contribution < 1.29 is 19.4 Å². The first-order chi connectivity index (χ1) is 7.32. The molecule has 0 unspecified atom stereocenters. The Labute approximate surface area is 95.4 Å². The van der Waals surface area contributed by atoms with E-state index < -0.39 is 17.6 Å². The number of hydrogen-bond acceptors (Lipinski definition) is 3. The van der Waals surface area contributed by atoms with Crippen molar-refractivity contribution in [2.45, 2.75) is 45.3 Å². The summed E-state index contributed by atoms with van der Waals surface area (Å²) >= 11 is 0. The molecule has 1 N–H and O–H groups in total. The van der Waals surface area contributed by atoms with Crippen molar-refractivity contribution in [1.82, 2.24) is 4.90 Å². The fourth-order valence-corrected chi connectivity index (χ4v) is 1.73. The molecule has 1 saturated heterocycles. The maximum atomic E-state index is 12.1. The molecule has 1 aliphatic heterocycles. The Kier molecular flexibility index (Phi) is 3.91. The van der Waals surface area contributed by atoms with Crippen LogP contribution in [0.15, 0.2) is 0 Å². The zero-order valence-electron chi connectivity index (χ0n) is 10.0. The van der Waals surface area contributed by atoms with Crippen LogP contribution in [0.4, 0.5) is 0 Å². The first-order valence-electron chi connectivity index (χ1n) is 5.47. The zero-order chi connectivity index (χ0) is 12.3. The van der Waals surface area contributed by atoms with Crippen LogP contribution in [-0.2, 0) is 14.3 Å². The van der Waals surface area contributed by atoms with Crippen molar-refractivity contribution in [2.75, 3.05) is 13.2 Å². The predicted molar refractivity (Wildman–Crippen MR) is 58.1 cm³/mol. The van der Waals surface area contributed by atoms with Crippen LogP contribution in [0, 0.1) is 0 Å². The number of carbonyl (C=O) groups is 2. The third kappa shape index (κ3) is 3.20. The van der Waals surface area contributed by atoms with Crippen LogP contribution in [0.2, 0.25) is 0 Å². The molecule has 16 heavy (non-hydrogen) atoms. The summed E-state index contributed by atoms with van der Waals surface area (Å²) in [5.41, 5.74) is -0.499. The van der Waals surface area contributed by atoms with E-state index in [2.05, 4.69) is 0 Å². The average molecular weight is 229 g/mol. The van der Waals surface area contributed by atoms with Gasteiger partial charge in [-0.05, 0) is 33.6 Å². The molecule has 0 aromatic heterocycles. The fraction of sp³-hybridized carbons (Fsp3) is 0.818. The molecule has 0 aliphatic carbocycles. The van der Waals surface area contributed by atoms with Crippen LogP contribution >= 0.6 is 0 Å². The van der Waals surface area contributed by atoms with Crippen molar-refractivity contribution in [3.05, 3.63) is 0 Å². The van der Waals surface area contributed by atoms with Crippen LogP contribution in [0.1, 0.15) is 33.6 Å². The summed E-state index contributed by atoms with van der Waals surface area (Å²) in [7, 11) is 0. The van der Waals surface area contributed by atoms with Crippen LogP contribution in [-0.4, -0.2) is 46.7 Å². The van der Waals surface area contributed by atoms with E-state index in [1.807, 2.05) is 20.8 Å². The second-order valence-corrected chi connectivity index (χ2v) is 4.99. The van der Waals surface area contributed by atoms with Crippen LogP contribution in [0.3, 0.4) is 0 Å². The molecular formula is C11H19NO4. The van der Waals surface area contributed by atoms with Crippen molar-refractivity contribution in [3.63, 3.8) is 0 Å². The summed E-state index contributed by atoms with van der Waals surface area (Å²) in [6.45, 7) is 5.78. The van der Waals surface area contributed by atoms with Gasteiger partial charge in [-0.25, -0.2) is 0 Å². The van der Waals surface area contributed by atoms with Gasteiger partial charge < -0.3 is 14.7 Å². The number of carboxylic acids is 1. The first-order valence-corrected chi connectivity index (χ1v) is 5.47. The van der Waals surface area contributed by atoms with Crippen LogP contribution < -0.4 is 0 Å². The van der Waals surface area contributed by atoms with Gasteiger partial charge in [-0.3, -0.25) is 9.59 Å². The van der Waals surface area contributed by atoms with Crippen molar-refractivity contribution in [3.8, 4) is 0 Å². The number of hydrogen-bond donors (Lipinski definition) is 1. The SMILES string of the molecule is CC(C)(C)N(CC(=O)O)C(=O)[C@@H]1CCCO1. The Bertz CT molecular complexity index is 276. The lowest BCUT2D eigenvalue weighted by Crippen LogP contribution is -2.51. The summed E-state index contributed by atoms with van der Waals surface area (Å²) in [4.78, 5) is 24.2. The summed E-state index contributed by atoms with van der Waals surface area (Å²) in [5, 5.41) is 8.80. The third-order valence-electron chi connectivity index (χ3n) is 2.57. The Balaban J connectivity index is 2.75. The number of rotatable bonds is 3. The summed E-state index contributed by atoms with van der Waals surface area (Å²) in [5.74, 6) is -1.21. The van der Waals surface area contributed by atoms with Gasteiger partial charge in [0.2, 0.25) is 0 Å². The molecular weight excluding hydrogens is 210 g/mol. The van der Waals surface area contributed by atoms with Gasteiger partial charge in [0.15, 0.2) is 0 Å². The van der Waals surface area contributed by atoms with E-state index in [1.54, 1.807) is 0 Å². The molecule has 92 valence electrons. The minimum Gasteiger partial charge on any atom is -0.480 e. The van der Waals surface area contributed by atoms with Gasteiger partial charge in [-0.1, -0.05) is 0 Å². The van der Waals surface area contributed by atoms with Gasteiger partial charge in [0.05, 0.1) is 0 Å². The maximum absolute atomic E-state index is 12.1. The largest absolute Gasteiger partial charge is 0.480 e. The Morgan fingerprint density at radius 3 is 2.44 bits per heavy atom. The second kappa shape index (κ2) is 4.82. The summed E-state index contributed by atoms with van der Waals surface area (Å²) in [6.07, 6.45) is 1.09. The van der Waals surface area contributed by atoms with E-state index in [-0.39, 0.29) is 12.5 Å². The molecule has 0 radical (unpaired) electrons. The molecule has 0 spiro atoms. The smallest absolute Gasteiger partial charge is 0.323 e. The van der Waals surface area contributed by atoms with Gasteiger partial charge in [-0.2, -0.15) is 0 Å². The lowest BCUT2D eigenvalue weighted by Gasteiger charge is -2.35. The van der Waals surface area contributed by atoms with E-state index in [0.29, 0.717) is 13.0 Å². The average Bonchev–Trinajstić information content (AvgIpc) is 2.63. The molecule has 0 bridgehead atoms. The van der Waals surface area contributed by atoms with Gasteiger partial charge in [-0.15, -0.1) is 0 Å². The highest BCUT2D eigenvalue weighted by Crippen LogP contribution is 2.20. The quantitative estimate of drug-likeness (QED) is 0.780.